The van der Waals surface area contributed by atoms with Crippen molar-refractivity contribution in [3.63, 3.8) is 0 Å². The van der Waals surface area contributed by atoms with Crippen molar-refractivity contribution in [2.75, 3.05) is 21.3 Å². The van der Waals surface area contributed by atoms with Gasteiger partial charge in [-0.1, -0.05) is 18.2 Å². The summed E-state index contributed by atoms with van der Waals surface area (Å²) in [5, 5.41) is 4.80. The number of amides is 1. The lowest BCUT2D eigenvalue weighted by atomic mass is 10.1. The van der Waals surface area contributed by atoms with Crippen molar-refractivity contribution in [2.24, 2.45) is 0 Å². The lowest BCUT2D eigenvalue weighted by Gasteiger charge is -2.18. The number of ether oxygens (including phenoxy) is 2. The van der Waals surface area contributed by atoms with Crippen LogP contribution in [-0.4, -0.2) is 41.9 Å². The van der Waals surface area contributed by atoms with E-state index in [1.54, 1.807) is 50.2 Å². The summed E-state index contributed by atoms with van der Waals surface area (Å²) >= 11 is 0. The van der Waals surface area contributed by atoms with Gasteiger partial charge in [0.2, 0.25) is 5.43 Å². The van der Waals surface area contributed by atoms with E-state index in [1.807, 2.05) is 25.1 Å². The number of rotatable bonds is 6. The zero-order valence-corrected chi connectivity index (χ0v) is 16.4. The molecule has 0 N–H and O–H groups in total. The number of fused-ring (bicyclic) bond motifs is 1. The van der Waals surface area contributed by atoms with Gasteiger partial charge in [-0.15, -0.1) is 0 Å². The zero-order chi connectivity index (χ0) is 20.3. The quantitative estimate of drug-likeness (QED) is 0.656. The second kappa shape index (κ2) is 8.12. The van der Waals surface area contributed by atoms with Crippen molar-refractivity contribution in [3.05, 3.63) is 63.9 Å². The first-order chi connectivity index (χ1) is 13.5. The maximum absolute atomic E-state index is 13.0. The van der Waals surface area contributed by atoms with Gasteiger partial charge < -0.3 is 14.4 Å². The highest BCUT2D eigenvalue weighted by Gasteiger charge is 2.21. The number of hydrogen-bond donors (Lipinski definition) is 0. The summed E-state index contributed by atoms with van der Waals surface area (Å²) in [6, 6.07) is 12.6. The molecule has 1 amide bonds. The van der Waals surface area contributed by atoms with Crippen molar-refractivity contribution in [1.29, 1.82) is 0 Å². The Kier molecular flexibility index (Phi) is 5.63. The van der Waals surface area contributed by atoms with Crippen molar-refractivity contribution in [2.45, 2.75) is 20.0 Å². The molecule has 0 unspecified atom stereocenters. The molecule has 3 rings (SSSR count). The van der Waals surface area contributed by atoms with Gasteiger partial charge in [-0.25, -0.2) is 0 Å². The van der Waals surface area contributed by atoms with Crippen molar-refractivity contribution < 1.29 is 14.3 Å². The van der Waals surface area contributed by atoms with Crippen molar-refractivity contribution in [3.8, 4) is 11.5 Å². The molecule has 7 nitrogen and oxygen atoms in total. The van der Waals surface area contributed by atoms with Crippen LogP contribution in [0.3, 0.4) is 0 Å². The van der Waals surface area contributed by atoms with Gasteiger partial charge in [0.1, 0.15) is 0 Å². The Hall–Kier alpha value is -3.35. The van der Waals surface area contributed by atoms with E-state index in [-0.39, 0.29) is 11.1 Å². The zero-order valence-electron chi connectivity index (χ0n) is 16.4. The van der Waals surface area contributed by atoms with Gasteiger partial charge in [0.05, 0.1) is 19.7 Å². The first-order valence-electron chi connectivity index (χ1n) is 8.96. The third-order valence-electron chi connectivity index (χ3n) is 4.58. The number of carbonyl (C=O) groups is 1. The Morgan fingerprint density at radius 1 is 1.11 bits per heavy atom. The van der Waals surface area contributed by atoms with E-state index in [9.17, 15) is 9.59 Å². The van der Waals surface area contributed by atoms with Crippen LogP contribution in [0.4, 0.5) is 0 Å². The topological polar surface area (TPSA) is 73.7 Å². The molecule has 0 aliphatic rings. The van der Waals surface area contributed by atoms with E-state index in [0.29, 0.717) is 35.5 Å². The van der Waals surface area contributed by atoms with E-state index in [4.69, 9.17) is 9.47 Å². The number of hydrogen-bond acceptors (Lipinski definition) is 5. The summed E-state index contributed by atoms with van der Waals surface area (Å²) in [6.45, 7) is 2.78. The number of aromatic nitrogens is 2. The molecule has 1 heterocycles. The highest BCUT2D eigenvalue weighted by atomic mass is 16.5. The monoisotopic (exact) mass is 381 g/mol. The van der Waals surface area contributed by atoms with Gasteiger partial charge in [0.25, 0.3) is 5.91 Å². The summed E-state index contributed by atoms with van der Waals surface area (Å²) in [5.41, 5.74) is 1.13. The third kappa shape index (κ3) is 3.55. The molecule has 28 heavy (non-hydrogen) atoms. The molecule has 0 saturated heterocycles. The molecule has 2 aromatic carbocycles. The van der Waals surface area contributed by atoms with Gasteiger partial charge in [-0.05, 0) is 36.8 Å². The molecule has 3 aromatic rings. The van der Waals surface area contributed by atoms with Crippen LogP contribution in [0.5, 0.6) is 11.5 Å². The average molecular weight is 381 g/mol. The maximum atomic E-state index is 13.0. The Morgan fingerprint density at radius 2 is 1.82 bits per heavy atom. The molecular formula is C21H23N3O4. The van der Waals surface area contributed by atoms with Crippen LogP contribution < -0.4 is 14.9 Å². The largest absolute Gasteiger partial charge is 0.493 e. The highest BCUT2D eigenvalue weighted by Crippen LogP contribution is 2.28. The fraction of sp³-hybridized carbons (Fsp3) is 0.286. The van der Waals surface area contributed by atoms with E-state index in [1.165, 1.54) is 4.90 Å². The number of aryl methyl sites for hydroxylation is 1. The fourth-order valence-corrected chi connectivity index (χ4v) is 3.12. The van der Waals surface area contributed by atoms with Crippen LogP contribution >= 0.6 is 0 Å². The molecule has 0 atom stereocenters. The minimum atomic E-state index is -0.423. The summed E-state index contributed by atoms with van der Waals surface area (Å²) in [4.78, 5) is 27.2. The Morgan fingerprint density at radius 3 is 2.50 bits per heavy atom. The second-order valence-electron chi connectivity index (χ2n) is 6.36. The predicted octanol–water partition coefficient (Wildman–Crippen LogP) is 2.71. The van der Waals surface area contributed by atoms with Gasteiger partial charge in [0.15, 0.2) is 17.2 Å². The minimum Gasteiger partial charge on any atom is -0.493 e. The standard InChI is InChI=1S/C21H23N3O4/c1-5-24-16-9-7-6-8-15(16)20(25)19(22-24)21(26)23(2)13-14-10-11-17(27-3)18(12-14)28-4/h6-12H,5,13H2,1-4H3. The fourth-order valence-electron chi connectivity index (χ4n) is 3.12. The van der Waals surface area contributed by atoms with E-state index < -0.39 is 5.91 Å². The molecular weight excluding hydrogens is 358 g/mol. The van der Waals surface area contributed by atoms with E-state index in [2.05, 4.69) is 5.10 Å². The van der Waals surface area contributed by atoms with Crippen LogP contribution in [0.15, 0.2) is 47.3 Å². The molecule has 146 valence electrons. The van der Waals surface area contributed by atoms with Crippen LogP contribution in [0.25, 0.3) is 10.9 Å². The van der Waals surface area contributed by atoms with Crippen LogP contribution in [0.2, 0.25) is 0 Å². The van der Waals surface area contributed by atoms with Gasteiger partial charge in [-0.2, -0.15) is 5.10 Å². The molecule has 0 aliphatic heterocycles. The molecule has 0 saturated carbocycles. The van der Waals surface area contributed by atoms with Crippen LogP contribution in [-0.2, 0) is 13.1 Å². The minimum absolute atomic E-state index is 0.0801. The number of methoxy groups -OCH3 is 2. The molecule has 0 aliphatic carbocycles. The third-order valence-corrected chi connectivity index (χ3v) is 4.58. The number of benzene rings is 2. The number of nitrogens with zero attached hydrogens (tertiary/aromatic N) is 3. The van der Waals surface area contributed by atoms with Crippen molar-refractivity contribution in [1.82, 2.24) is 14.7 Å². The molecule has 0 fully saturated rings. The average Bonchev–Trinajstić information content (AvgIpc) is 2.73. The molecule has 0 bridgehead atoms. The smallest absolute Gasteiger partial charge is 0.278 e. The van der Waals surface area contributed by atoms with Crippen LogP contribution in [0.1, 0.15) is 23.0 Å². The van der Waals surface area contributed by atoms with Gasteiger partial charge in [0, 0.05) is 25.5 Å². The lowest BCUT2D eigenvalue weighted by Crippen LogP contribution is -2.33. The second-order valence-corrected chi connectivity index (χ2v) is 6.36. The maximum Gasteiger partial charge on any atom is 0.278 e. The summed E-state index contributed by atoms with van der Waals surface area (Å²) in [5.74, 6) is 0.771. The lowest BCUT2D eigenvalue weighted by molar-refractivity contribution is 0.0775. The summed E-state index contributed by atoms with van der Waals surface area (Å²) in [6.07, 6.45) is 0. The first kappa shape index (κ1) is 19.4. The Balaban J connectivity index is 1.94. The molecule has 0 radical (unpaired) electrons. The molecule has 7 heteroatoms. The molecule has 1 aromatic heterocycles. The van der Waals surface area contributed by atoms with Crippen molar-refractivity contribution >= 4 is 16.8 Å². The Bertz CT molecular complexity index is 1070. The number of carbonyl (C=O) groups excluding carboxylic acids is 1. The predicted molar refractivity (Wildman–Crippen MR) is 107 cm³/mol. The molecule has 0 spiro atoms. The SMILES string of the molecule is CCn1nc(C(=O)N(C)Cc2ccc(OC)c(OC)c2)c(=O)c2ccccc21. The van der Waals surface area contributed by atoms with Gasteiger partial charge >= 0.3 is 0 Å². The number of para-hydroxylation sites is 1. The van der Waals surface area contributed by atoms with Gasteiger partial charge in [-0.3, -0.25) is 14.3 Å². The summed E-state index contributed by atoms with van der Waals surface area (Å²) < 4.78 is 12.2. The Labute approximate surface area is 163 Å². The highest BCUT2D eigenvalue weighted by molar-refractivity contribution is 5.95. The van der Waals surface area contributed by atoms with Crippen LogP contribution in [0, 0.1) is 0 Å². The van der Waals surface area contributed by atoms with E-state index in [0.717, 1.165) is 5.56 Å². The normalized spacial score (nSPS) is 10.7. The van der Waals surface area contributed by atoms with E-state index >= 15 is 0 Å². The first-order valence-corrected chi connectivity index (χ1v) is 8.96. The summed E-state index contributed by atoms with van der Waals surface area (Å²) in [7, 11) is 4.77.